The molecule has 1 aromatic heterocycles. The number of rotatable bonds is 2. The molecular weight excluding hydrogens is 266 g/mol. The second kappa shape index (κ2) is 8.16. The average Bonchev–Trinajstić information content (AvgIpc) is 2.30. The molecule has 2 N–H and O–H groups in total. The fourth-order valence-corrected chi connectivity index (χ4v) is 1.83. The van der Waals surface area contributed by atoms with Crippen LogP contribution in [0.3, 0.4) is 0 Å². The van der Waals surface area contributed by atoms with Crippen LogP contribution in [0.5, 0.6) is 5.88 Å². The number of carbonyl (C=O) groups is 1. The van der Waals surface area contributed by atoms with E-state index >= 15 is 0 Å². The smallest absolute Gasteiger partial charge is 1.00 e. The first kappa shape index (κ1) is 19.3. The minimum absolute atomic E-state index is 0. The molecule has 0 atom stereocenters. The number of aromatic nitrogens is 1. The van der Waals surface area contributed by atoms with Crippen molar-refractivity contribution >= 4 is 41.8 Å². The zero-order chi connectivity index (χ0) is 10.9. The summed E-state index contributed by atoms with van der Waals surface area (Å²) < 4.78 is 1.46. The van der Waals surface area contributed by atoms with Gasteiger partial charge in [-0.1, -0.05) is 12.2 Å². The van der Waals surface area contributed by atoms with Crippen LogP contribution in [0, 0.1) is 0 Å². The van der Waals surface area contributed by atoms with Gasteiger partial charge in [0.2, 0.25) is 11.8 Å². The van der Waals surface area contributed by atoms with Crippen molar-refractivity contribution in [1.82, 2.24) is 4.57 Å². The molecule has 1 aromatic rings. The number of aromatic hydroxyl groups is 1. The molecule has 16 heavy (non-hydrogen) atoms. The number of thiocarbonyl (C=S) groups is 1. The van der Waals surface area contributed by atoms with Crippen molar-refractivity contribution in [2.45, 2.75) is 11.8 Å². The van der Waals surface area contributed by atoms with Crippen LogP contribution in [0.2, 0.25) is 0 Å². The first-order valence-electron chi connectivity index (χ1n) is 3.82. The topological polar surface area (TPSA) is 54.3 Å². The summed E-state index contributed by atoms with van der Waals surface area (Å²) in [6.45, 7) is 1.36. The van der Waals surface area contributed by atoms with E-state index in [2.05, 4.69) is 17.9 Å². The van der Waals surface area contributed by atoms with Gasteiger partial charge in [-0.3, -0.25) is 4.79 Å². The number of anilines is 1. The summed E-state index contributed by atoms with van der Waals surface area (Å²) in [4.78, 5) is 11.3. The first-order chi connectivity index (χ1) is 6.49. The molecule has 0 fully saturated rings. The van der Waals surface area contributed by atoms with Gasteiger partial charge < -0.3 is 17.8 Å². The Morgan fingerprint density at radius 1 is 1.62 bits per heavy atom. The van der Waals surface area contributed by atoms with E-state index in [0.717, 1.165) is 0 Å². The van der Waals surface area contributed by atoms with Crippen LogP contribution in [0.1, 0.15) is 15.5 Å². The third kappa shape index (κ3) is 4.03. The van der Waals surface area contributed by atoms with Crippen LogP contribution in [0.25, 0.3) is 0 Å². The third-order valence-electron chi connectivity index (χ3n) is 1.79. The van der Waals surface area contributed by atoms with Crippen LogP contribution >= 0.6 is 24.8 Å². The molecule has 0 saturated heterocycles. The number of nitrogens with one attached hydrogen (secondary N) is 1. The molecule has 80 valence electrons. The quantitative estimate of drug-likeness (QED) is 0.291. The van der Waals surface area contributed by atoms with Crippen LogP contribution in [-0.2, 0) is 11.8 Å². The summed E-state index contributed by atoms with van der Waals surface area (Å²) in [6.07, 6.45) is 0. The molecule has 1 rings (SSSR count). The van der Waals surface area contributed by atoms with E-state index in [1.54, 1.807) is 7.05 Å². The Hall–Kier alpha value is 0.990. The Morgan fingerprint density at radius 3 is 2.44 bits per heavy atom. The normalized spacial score (nSPS) is 8.69. The van der Waals surface area contributed by atoms with Crippen LogP contribution in [-0.4, -0.2) is 20.9 Å². The van der Waals surface area contributed by atoms with E-state index in [1.165, 1.54) is 16.9 Å². The molecule has 4 nitrogen and oxygen atoms in total. The Morgan fingerprint density at radius 2 is 2.12 bits per heavy atom. The fraction of sp³-hybridized carbons (Fsp3) is 0.250. The Labute approximate surface area is 152 Å². The van der Waals surface area contributed by atoms with E-state index in [9.17, 15) is 9.90 Å². The molecule has 0 spiro atoms. The van der Waals surface area contributed by atoms with Crippen LogP contribution in [0.4, 0.5) is 5.69 Å². The van der Waals surface area contributed by atoms with Crippen LogP contribution < -0.4 is 64.4 Å². The molecule has 1 amide bonds. The largest absolute Gasteiger partial charge is 1.00 e. The summed E-state index contributed by atoms with van der Waals surface area (Å²) >= 11 is 8.92. The van der Waals surface area contributed by atoms with Gasteiger partial charge in [-0.2, -0.15) is 0 Å². The molecule has 0 unspecified atom stereocenters. The fourth-order valence-electron chi connectivity index (χ4n) is 1.10. The minimum atomic E-state index is -0.267. The monoisotopic (exact) mass is 278 g/mol. The number of nitrogens with zero attached hydrogens (tertiary/aromatic N) is 1. The zero-order valence-electron chi connectivity index (χ0n) is 11.7. The maximum absolute atomic E-state index is 10.8. The van der Waals surface area contributed by atoms with Gasteiger partial charge in [0.25, 0.3) is 0 Å². The van der Waals surface area contributed by atoms with E-state index in [1.807, 2.05) is 0 Å². The average molecular weight is 278 g/mol. The van der Waals surface area contributed by atoms with Gasteiger partial charge in [-0.25, -0.2) is 0 Å². The predicted molar refractivity (Wildman–Crippen MR) is 63.6 cm³/mol. The summed E-state index contributed by atoms with van der Waals surface area (Å²) in [5, 5.41) is 13.5. The molecule has 0 radical (unpaired) electrons. The van der Waals surface area contributed by atoms with Crippen molar-refractivity contribution in [3.63, 3.8) is 0 Å². The Bertz CT molecular complexity index is 416. The maximum Gasteiger partial charge on any atom is 1.00 e. The van der Waals surface area contributed by atoms with Gasteiger partial charge in [-0.15, -0.1) is 12.6 Å². The van der Waals surface area contributed by atoms with Gasteiger partial charge in [0.15, 0.2) is 0 Å². The molecule has 1 heterocycles. The molecule has 0 aliphatic heterocycles. The van der Waals surface area contributed by atoms with E-state index < -0.39 is 0 Å². The van der Waals surface area contributed by atoms with Crippen molar-refractivity contribution in [2.24, 2.45) is 7.05 Å². The molecule has 8 heteroatoms. The molecule has 0 aliphatic carbocycles. The van der Waals surface area contributed by atoms with E-state index in [-0.39, 0.29) is 73.8 Å². The second-order valence-corrected chi connectivity index (χ2v) is 3.47. The van der Waals surface area contributed by atoms with Crippen molar-refractivity contribution in [3.05, 3.63) is 5.69 Å². The van der Waals surface area contributed by atoms with Gasteiger partial charge >= 0.3 is 59.1 Å². The summed E-state index contributed by atoms with van der Waals surface area (Å²) in [7, 11) is 1.64. The van der Waals surface area contributed by atoms with Gasteiger partial charge in [0.1, 0.15) is 5.69 Å². The predicted octanol–water partition coefficient (Wildman–Crippen LogP) is -4.44. The molecule has 0 aromatic carbocycles. The van der Waals surface area contributed by atoms with E-state index in [4.69, 9.17) is 12.2 Å². The number of hydrogen-bond acceptors (Lipinski definition) is 4. The SMILES string of the molecule is CC(=O)Nc1c(S)c(C=S)n(C)c1O.[H-].[H-].[Na+].[Na+]. The van der Waals surface area contributed by atoms with Crippen molar-refractivity contribution in [2.75, 3.05) is 5.32 Å². The first-order valence-corrected chi connectivity index (χ1v) is 4.74. The molecule has 0 bridgehead atoms. The Balaban J connectivity index is -0.000000245. The van der Waals surface area contributed by atoms with Crippen molar-refractivity contribution in [1.29, 1.82) is 0 Å². The minimum Gasteiger partial charge on any atom is -1.00 e. The van der Waals surface area contributed by atoms with Gasteiger partial charge in [-0.05, 0) is 0 Å². The Kier molecular flexibility index (Phi) is 9.85. The molecule has 0 aliphatic rings. The molecular formula is C8H12N2Na2O2S2. The van der Waals surface area contributed by atoms with Gasteiger partial charge in [0.05, 0.1) is 10.6 Å². The van der Waals surface area contributed by atoms with Crippen molar-refractivity contribution in [3.8, 4) is 5.88 Å². The standard InChI is InChI=1S/C8H10N2O2S2.2Na.2H/c1-4(11)9-6-7(14)5(3-13)10(2)8(6)12;;;;/h3,12,14H,1-2H3,(H,9,11);;;;/q;2*+1;2*-1. The second-order valence-electron chi connectivity index (χ2n) is 2.79. The zero-order valence-corrected chi connectivity index (χ0v) is 15.4. The number of amides is 1. The molecule has 0 saturated carbocycles. The summed E-state index contributed by atoms with van der Waals surface area (Å²) in [5.74, 6) is -0.321. The summed E-state index contributed by atoms with van der Waals surface area (Å²) in [6, 6.07) is 0. The number of hydrogen-bond donors (Lipinski definition) is 3. The van der Waals surface area contributed by atoms with Gasteiger partial charge in [0, 0.05) is 19.3 Å². The van der Waals surface area contributed by atoms with Crippen LogP contribution in [0.15, 0.2) is 4.90 Å². The third-order valence-corrected chi connectivity index (χ3v) is 2.47. The number of carbonyl (C=O) groups excluding carboxylic acids is 1. The number of thiol groups is 1. The maximum atomic E-state index is 10.8. The van der Waals surface area contributed by atoms with Crippen molar-refractivity contribution < 1.29 is 71.9 Å². The summed E-state index contributed by atoms with van der Waals surface area (Å²) in [5.41, 5.74) is 0.879. The van der Waals surface area contributed by atoms with E-state index in [0.29, 0.717) is 16.3 Å².